The van der Waals surface area contributed by atoms with Gasteiger partial charge in [0.15, 0.2) is 5.96 Å². The molecular formula is C30H42N8O7. The highest BCUT2D eigenvalue weighted by atomic mass is 16.4. The third-order valence-corrected chi connectivity index (χ3v) is 6.66. The van der Waals surface area contributed by atoms with E-state index in [-0.39, 0.29) is 44.7 Å². The molecule has 0 aliphatic heterocycles. The van der Waals surface area contributed by atoms with Crippen molar-refractivity contribution >= 4 is 35.6 Å². The number of nitrogens with zero attached hydrogens (tertiary/aromatic N) is 1. The molecule has 12 N–H and O–H groups in total. The lowest BCUT2D eigenvalue weighted by molar-refractivity contribution is -0.142. The summed E-state index contributed by atoms with van der Waals surface area (Å²) in [5.41, 5.74) is 17.4. The minimum Gasteiger partial charge on any atom is -0.480 e. The van der Waals surface area contributed by atoms with E-state index < -0.39 is 59.9 Å². The number of amides is 4. The van der Waals surface area contributed by atoms with Gasteiger partial charge in [-0.25, -0.2) is 4.79 Å². The fourth-order valence-electron chi connectivity index (χ4n) is 4.33. The number of benzene rings is 2. The molecule has 0 spiro atoms. The zero-order valence-electron chi connectivity index (χ0n) is 25.0. The number of carbonyl (C=O) groups excluding carboxylic acids is 4. The summed E-state index contributed by atoms with van der Waals surface area (Å²) in [5, 5.41) is 30.1. The number of aliphatic hydroxyl groups is 1. The molecule has 0 aromatic heterocycles. The highest BCUT2D eigenvalue weighted by Gasteiger charge is 2.33. The molecule has 2 rings (SSSR count). The van der Waals surface area contributed by atoms with Crippen LogP contribution in [-0.4, -0.2) is 89.1 Å². The van der Waals surface area contributed by atoms with Crippen LogP contribution in [0.3, 0.4) is 0 Å². The van der Waals surface area contributed by atoms with Gasteiger partial charge in [0.05, 0.1) is 12.6 Å². The molecule has 2 aromatic carbocycles. The Kier molecular flexibility index (Phi) is 15.0. The van der Waals surface area contributed by atoms with Crippen LogP contribution in [0.25, 0.3) is 0 Å². The Balaban J connectivity index is 2.24. The van der Waals surface area contributed by atoms with Crippen molar-refractivity contribution in [2.45, 2.75) is 62.9 Å². The second kappa shape index (κ2) is 18.6. The average Bonchev–Trinajstić information content (AvgIpc) is 3.00. The molecule has 244 valence electrons. The standard InChI is InChI=1S/C30H42N8O7/c1-18(39)25(38-27(42)22(35-24(40)17-31)15-19-9-4-2-5-10-19)28(43)37-23(16-20-11-6-3-7-12-20)26(41)36-21(29(44)45)13-8-14-34-30(32)33/h2-7,9-12,18,21-23,25,39H,8,13-17,31H2,1H3,(H,35,40)(H,36,41)(H,37,43)(H,38,42)(H,44,45)(H4,32,33,34)/t18-,21+,22+,23+,25+/m1/s1. The number of aliphatic carboxylic acids is 1. The molecule has 15 heteroatoms. The molecule has 0 unspecified atom stereocenters. The van der Waals surface area contributed by atoms with Gasteiger partial charge in [0, 0.05) is 19.4 Å². The summed E-state index contributed by atoms with van der Waals surface area (Å²) in [4.78, 5) is 67.8. The van der Waals surface area contributed by atoms with E-state index in [4.69, 9.17) is 17.2 Å². The van der Waals surface area contributed by atoms with Crippen molar-refractivity contribution in [2.24, 2.45) is 22.2 Å². The number of carboxylic acids is 1. The molecule has 0 heterocycles. The molecule has 5 atom stereocenters. The van der Waals surface area contributed by atoms with Gasteiger partial charge in [-0.15, -0.1) is 0 Å². The monoisotopic (exact) mass is 626 g/mol. The number of aliphatic hydroxyl groups excluding tert-OH is 1. The molecular weight excluding hydrogens is 584 g/mol. The Morgan fingerprint density at radius 1 is 0.756 bits per heavy atom. The molecule has 0 saturated heterocycles. The van der Waals surface area contributed by atoms with Crippen molar-refractivity contribution in [3.05, 3.63) is 71.8 Å². The van der Waals surface area contributed by atoms with Gasteiger partial charge in [0.1, 0.15) is 24.2 Å². The summed E-state index contributed by atoms with van der Waals surface area (Å²) in [5.74, 6) is -4.51. The Bertz CT molecular complexity index is 1300. The quantitative estimate of drug-likeness (QED) is 0.0494. The Hall–Kier alpha value is -5.02. The van der Waals surface area contributed by atoms with Crippen LogP contribution in [0.2, 0.25) is 0 Å². The largest absolute Gasteiger partial charge is 0.480 e. The van der Waals surface area contributed by atoms with E-state index in [2.05, 4.69) is 26.3 Å². The molecule has 2 aromatic rings. The third kappa shape index (κ3) is 13.0. The molecule has 45 heavy (non-hydrogen) atoms. The topological polar surface area (TPSA) is 264 Å². The first kappa shape index (κ1) is 36.2. The van der Waals surface area contributed by atoms with Gasteiger partial charge in [-0.05, 0) is 30.9 Å². The number of guanidine groups is 1. The van der Waals surface area contributed by atoms with Crippen molar-refractivity contribution in [3.8, 4) is 0 Å². The highest BCUT2D eigenvalue weighted by molar-refractivity contribution is 5.95. The summed E-state index contributed by atoms with van der Waals surface area (Å²) in [6.45, 7) is 1.05. The number of hydrogen-bond acceptors (Lipinski definition) is 8. The van der Waals surface area contributed by atoms with Gasteiger partial charge < -0.3 is 48.7 Å². The smallest absolute Gasteiger partial charge is 0.326 e. The molecule has 4 amide bonds. The Morgan fingerprint density at radius 3 is 1.71 bits per heavy atom. The number of aliphatic imine (C=N–C) groups is 1. The summed E-state index contributed by atoms with van der Waals surface area (Å²) in [7, 11) is 0. The average molecular weight is 627 g/mol. The third-order valence-electron chi connectivity index (χ3n) is 6.66. The van der Waals surface area contributed by atoms with Gasteiger partial charge in [-0.2, -0.15) is 0 Å². The number of nitrogens with two attached hydrogens (primary N) is 3. The van der Waals surface area contributed by atoms with Crippen LogP contribution in [0, 0.1) is 0 Å². The molecule has 15 nitrogen and oxygen atoms in total. The van der Waals surface area contributed by atoms with Crippen molar-refractivity contribution in [1.82, 2.24) is 21.3 Å². The minimum absolute atomic E-state index is 0.00748. The number of nitrogens with one attached hydrogen (secondary N) is 4. The van der Waals surface area contributed by atoms with E-state index in [0.29, 0.717) is 5.56 Å². The summed E-state index contributed by atoms with van der Waals surface area (Å²) in [6, 6.07) is 12.2. The zero-order valence-corrected chi connectivity index (χ0v) is 25.0. The first-order valence-electron chi connectivity index (χ1n) is 14.4. The van der Waals surface area contributed by atoms with E-state index >= 15 is 0 Å². The molecule has 0 radical (unpaired) electrons. The van der Waals surface area contributed by atoms with E-state index in [1.54, 1.807) is 60.7 Å². The predicted molar refractivity (Wildman–Crippen MR) is 166 cm³/mol. The van der Waals surface area contributed by atoms with Crippen LogP contribution in [0.4, 0.5) is 0 Å². The lowest BCUT2D eigenvalue weighted by Gasteiger charge is -2.27. The molecule has 0 fully saturated rings. The van der Waals surface area contributed by atoms with Gasteiger partial charge in [-0.1, -0.05) is 60.7 Å². The molecule has 0 aliphatic rings. The zero-order chi connectivity index (χ0) is 33.4. The molecule has 0 bridgehead atoms. The van der Waals surface area contributed by atoms with Gasteiger partial charge in [0.2, 0.25) is 23.6 Å². The van der Waals surface area contributed by atoms with Gasteiger partial charge >= 0.3 is 5.97 Å². The maximum Gasteiger partial charge on any atom is 0.326 e. The SMILES string of the molecule is C[C@@H](O)[C@H](NC(=O)[C@H](Cc1ccccc1)NC(=O)CN)C(=O)N[C@@H](Cc1ccccc1)C(=O)N[C@@H](CCCN=C(N)N)C(=O)O. The van der Waals surface area contributed by atoms with Crippen LogP contribution < -0.4 is 38.5 Å². The van der Waals surface area contributed by atoms with E-state index in [1.165, 1.54) is 6.92 Å². The van der Waals surface area contributed by atoms with Crippen LogP contribution in [0.15, 0.2) is 65.7 Å². The molecule has 0 saturated carbocycles. The first-order valence-corrected chi connectivity index (χ1v) is 14.4. The first-order chi connectivity index (χ1) is 21.4. The fourth-order valence-corrected chi connectivity index (χ4v) is 4.33. The second-order valence-corrected chi connectivity index (χ2v) is 10.3. The summed E-state index contributed by atoms with van der Waals surface area (Å²) in [6.07, 6.45) is -1.10. The Morgan fingerprint density at radius 2 is 1.24 bits per heavy atom. The Labute approximate surface area is 261 Å². The van der Waals surface area contributed by atoms with Crippen molar-refractivity contribution in [3.63, 3.8) is 0 Å². The normalized spacial score (nSPS) is 14.0. The number of rotatable bonds is 18. The van der Waals surface area contributed by atoms with Crippen molar-refractivity contribution in [2.75, 3.05) is 13.1 Å². The van der Waals surface area contributed by atoms with E-state index in [1.807, 2.05) is 0 Å². The van der Waals surface area contributed by atoms with Crippen molar-refractivity contribution in [1.29, 1.82) is 0 Å². The summed E-state index contributed by atoms with van der Waals surface area (Å²) < 4.78 is 0. The van der Waals surface area contributed by atoms with Crippen LogP contribution >= 0.6 is 0 Å². The highest BCUT2D eigenvalue weighted by Crippen LogP contribution is 2.08. The van der Waals surface area contributed by atoms with Crippen molar-refractivity contribution < 1.29 is 34.2 Å². The fraction of sp³-hybridized carbons (Fsp3) is 0.400. The van der Waals surface area contributed by atoms with Gasteiger partial charge in [0.25, 0.3) is 0 Å². The maximum absolute atomic E-state index is 13.5. The van der Waals surface area contributed by atoms with Crippen LogP contribution in [-0.2, 0) is 36.8 Å². The minimum atomic E-state index is -1.54. The maximum atomic E-state index is 13.5. The van der Waals surface area contributed by atoms with Crippen LogP contribution in [0.5, 0.6) is 0 Å². The van der Waals surface area contributed by atoms with Gasteiger partial charge in [-0.3, -0.25) is 24.2 Å². The lowest BCUT2D eigenvalue weighted by atomic mass is 10.0. The summed E-state index contributed by atoms with van der Waals surface area (Å²) >= 11 is 0. The lowest BCUT2D eigenvalue weighted by Crippen LogP contribution is -2.61. The molecule has 0 aliphatic carbocycles. The van der Waals surface area contributed by atoms with Crippen LogP contribution in [0.1, 0.15) is 30.9 Å². The van der Waals surface area contributed by atoms with E-state index in [0.717, 1.165) is 5.56 Å². The number of carbonyl (C=O) groups is 5. The predicted octanol–water partition coefficient (Wildman–Crippen LogP) is -2.11. The number of carboxylic acid groups (broad SMARTS) is 1. The van der Waals surface area contributed by atoms with E-state index in [9.17, 15) is 34.2 Å². The second-order valence-electron chi connectivity index (χ2n) is 10.3. The number of hydrogen-bond donors (Lipinski definition) is 9.